The highest BCUT2D eigenvalue weighted by Gasteiger charge is 2.29. The second kappa shape index (κ2) is 7.00. The zero-order chi connectivity index (χ0) is 15.2. The van der Waals surface area contributed by atoms with Crippen molar-refractivity contribution in [1.82, 2.24) is 10.3 Å². The van der Waals surface area contributed by atoms with E-state index in [0.29, 0.717) is 13.0 Å². The lowest BCUT2D eigenvalue weighted by Gasteiger charge is -2.31. The molecule has 1 saturated heterocycles. The van der Waals surface area contributed by atoms with Gasteiger partial charge in [0.1, 0.15) is 12.3 Å². The summed E-state index contributed by atoms with van der Waals surface area (Å²) in [4.78, 5) is 36.2. The highest BCUT2D eigenvalue weighted by atomic mass is 16.5. The van der Waals surface area contributed by atoms with Crippen LogP contribution >= 0.6 is 0 Å². The van der Waals surface area contributed by atoms with Crippen LogP contribution in [0.4, 0.5) is 0 Å². The fourth-order valence-electron chi connectivity index (χ4n) is 2.06. The molecule has 0 bridgehead atoms. The van der Waals surface area contributed by atoms with Gasteiger partial charge < -0.3 is 24.9 Å². The molecule has 0 spiro atoms. The van der Waals surface area contributed by atoms with Crippen LogP contribution in [0.25, 0.3) is 0 Å². The summed E-state index contributed by atoms with van der Waals surface area (Å²) in [5.74, 6) is -1.54. The SMILES string of the molecule is O=C(O)CO[C@H]1CCOC[C@H]1NC(=O)c1cccc(=O)[nH]1. The Kier molecular flexibility index (Phi) is 5.07. The molecule has 1 aliphatic rings. The van der Waals surface area contributed by atoms with E-state index in [4.69, 9.17) is 14.6 Å². The number of aromatic amines is 1. The highest BCUT2D eigenvalue weighted by Crippen LogP contribution is 2.12. The van der Waals surface area contributed by atoms with E-state index in [0.717, 1.165) is 0 Å². The van der Waals surface area contributed by atoms with Gasteiger partial charge in [-0.25, -0.2) is 4.79 Å². The van der Waals surface area contributed by atoms with Crippen molar-refractivity contribution in [2.45, 2.75) is 18.6 Å². The number of amides is 1. The first kappa shape index (κ1) is 15.2. The predicted molar refractivity (Wildman–Crippen MR) is 71.1 cm³/mol. The second-order valence-corrected chi connectivity index (χ2v) is 4.62. The number of carboxylic acid groups (broad SMARTS) is 1. The van der Waals surface area contributed by atoms with Gasteiger partial charge in [-0.15, -0.1) is 0 Å². The monoisotopic (exact) mass is 296 g/mol. The summed E-state index contributed by atoms with van der Waals surface area (Å²) in [6.45, 7) is 0.241. The lowest BCUT2D eigenvalue weighted by Crippen LogP contribution is -2.51. The van der Waals surface area contributed by atoms with Gasteiger partial charge in [0.05, 0.1) is 18.8 Å². The lowest BCUT2D eigenvalue weighted by atomic mass is 10.1. The van der Waals surface area contributed by atoms with E-state index in [-0.39, 0.29) is 17.9 Å². The Bertz CT molecular complexity index is 570. The average Bonchev–Trinajstić information content (AvgIpc) is 2.46. The molecule has 1 fully saturated rings. The third-order valence-electron chi connectivity index (χ3n) is 3.04. The zero-order valence-corrected chi connectivity index (χ0v) is 11.2. The summed E-state index contributed by atoms with van der Waals surface area (Å²) in [6, 6.07) is 3.80. The molecule has 0 radical (unpaired) electrons. The number of rotatable bonds is 5. The number of carbonyl (C=O) groups excluding carboxylic acids is 1. The number of aliphatic carboxylic acids is 1. The Labute approximate surface area is 120 Å². The molecule has 8 nitrogen and oxygen atoms in total. The molecule has 2 heterocycles. The van der Waals surface area contributed by atoms with Gasteiger partial charge in [-0.3, -0.25) is 9.59 Å². The Hall–Kier alpha value is -2.19. The Morgan fingerprint density at radius 1 is 1.48 bits per heavy atom. The molecule has 1 aliphatic heterocycles. The summed E-state index contributed by atoms with van der Waals surface area (Å²) in [7, 11) is 0. The molecule has 1 aromatic heterocycles. The summed E-state index contributed by atoms with van der Waals surface area (Å²) >= 11 is 0. The quantitative estimate of drug-likeness (QED) is 0.665. The molecule has 0 aliphatic carbocycles. The van der Waals surface area contributed by atoms with E-state index >= 15 is 0 Å². The van der Waals surface area contributed by atoms with E-state index in [1.54, 1.807) is 0 Å². The number of aromatic nitrogens is 1. The van der Waals surface area contributed by atoms with E-state index in [2.05, 4.69) is 10.3 Å². The van der Waals surface area contributed by atoms with Crippen molar-refractivity contribution < 1.29 is 24.2 Å². The van der Waals surface area contributed by atoms with Gasteiger partial charge in [0.2, 0.25) is 5.56 Å². The van der Waals surface area contributed by atoms with Crippen molar-refractivity contribution >= 4 is 11.9 Å². The zero-order valence-electron chi connectivity index (χ0n) is 11.2. The molecule has 2 atom stereocenters. The fraction of sp³-hybridized carbons (Fsp3) is 0.462. The third-order valence-corrected chi connectivity index (χ3v) is 3.04. The molecule has 1 amide bonds. The third kappa shape index (κ3) is 4.40. The van der Waals surface area contributed by atoms with Gasteiger partial charge in [-0.05, 0) is 12.5 Å². The molecule has 1 aromatic rings. The van der Waals surface area contributed by atoms with Crippen LogP contribution < -0.4 is 10.9 Å². The van der Waals surface area contributed by atoms with Crippen molar-refractivity contribution in [2.75, 3.05) is 19.8 Å². The highest BCUT2D eigenvalue weighted by molar-refractivity contribution is 5.92. The predicted octanol–water partition coefficient (Wildman–Crippen LogP) is -0.637. The van der Waals surface area contributed by atoms with Crippen molar-refractivity contribution in [2.24, 2.45) is 0 Å². The molecule has 0 aromatic carbocycles. The average molecular weight is 296 g/mol. The molecule has 21 heavy (non-hydrogen) atoms. The van der Waals surface area contributed by atoms with Crippen LogP contribution in [0.2, 0.25) is 0 Å². The Morgan fingerprint density at radius 3 is 3.00 bits per heavy atom. The van der Waals surface area contributed by atoms with Crippen molar-refractivity contribution in [3.05, 3.63) is 34.2 Å². The molecule has 3 N–H and O–H groups in total. The van der Waals surface area contributed by atoms with Crippen molar-refractivity contribution in [3.8, 4) is 0 Å². The maximum atomic E-state index is 12.0. The van der Waals surface area contributed by atoms with E-state index in [1.807, 2.05) is 0 Å². The molecule has 8 heteroatoms. The largest absolute Gasteiger partial charge is 0.480 e. The number of hydrogen-bond donors (Lipinski definition) is 3. The molecule has 0 saturated carbocycles. The minimum absolute atomic E-state index is 0.130. The Balaban J connectivity index is 1.99. The number of carboxylic acids is 1. The lowest BCUT2D eigenvalue weighted by molar-refractivity contribution is -0.147. The fourth-order valence-corrected chi connectivity index (χ4v) is 2.06. The summed E-state index contributed by atoms with van der Waals surface area (Å²) in [6.07, 6.45) is 0.0537. The molecule has 2 rings (SSSR count). The minimum Gasteiger partial charge on any atom is -0.480 e. The topological polar surface area (TPSA) is 118 Å². The normalized spacial score (nSPS) is 21.7. The van der Waals surface area contributed by atoms with Gasteiger partial charge in [0.25, 0.3) is 5.91 Å². The van der Waals surface area contributed by atoms with Crippen LogP contribution in [0, 0.1) is 0 Å². The maximum Gasteiger partial charge on any atom is 0.329 e. The van der Waals surface area contributed by atoms with Gasteiger partial charge in [0.15, 0.2) is 0 Å². The van der Waals surface area contributed by atoms with Crippen LogP contribution in [0.3, 0.4) is 0 Å². The number of pyridine rings is 1. The van der Waals surface area contributed by atoms with Crippen molar-refractivity contribution in [1.29, 1.82) is 0 Å². The first-order valence-electron chi connectivity index (χ1n) is 6.47. The Morgan fingerprint density at radius 2 is 2.29 bits per heavy atom. The first-order valence-corrected chi connectivity index (χ1v) is 6.47. The van der Waals surface area contributed by atoms with E-state index in [1.165, 1.54) is 18.2 Å². The minimum atomic E-state index is -1.07. The number of hydrogen-bond acceptors (Lipinski definition) is 5. The van der Waals surface area contributed by atoms with E-state index in [9.17, 15) is 14.4 Å². The number of carbonyl (C=O) groups is 2. The van der Waals surface area contributed by atoms with Crippen LogP contribution in [0.5, 0.6) is 0 Å². The molecular weight excluding hydrogens is 280 g/mol. The van der Waals surface area contributed by atoms with Gasteiger partial charge in [-0.2, -0.15) is 0 Å². The van der Waals surface area contributed by atoms with Gasteiger partial charge in [-0.1, -0.05) is 6.07 Å². The molecular formula is C13H16N2O6. The maximum absolute atomic E-state index is 12.0. The van der Waals surface area contributed by atoms with Crippen molar-refractivity contribution in [3.63, 3.8) is 0 Å². The summed E-state index contributed by atoms with van der Waals surface area (Å²) in [5, 5.41) is 11.3. The van der Waals surface area contributed by atoms with E-state index < -0.39 is 30.6 Å². The number of nitrogens with one attached hydrogen (secondary N) is 2. The summed E-state index contributed by atoms with van der Waals surface area (Å²) in [5.41, 5.74) is -0.244. The van der Waals surface area contributed by atoms with Crippen LogP contribution in [-0.2, 0) is 14.3 Å². The van der Waals surface area contributed by atoms with Crippen LogP contribution in [0.15, 0.2) is 23.0 Å². The second-order valence-electron chi connectivity index (χ2n) is 4.62. The first-order chi connectivity index (χ1) is 10.1. The number of ether oxygens (including phenoxy) is 2. The van der Waals surface area contributed by atoms with Gasteiger partial charge >= 0.3 is 5.97 Å². The van der Waals surface area contributed by atoms with Gasteiger partial charge in [0, 0.05) is 12.7 Å². The van der Waals surface area contributed by atoms with Crippen LogP contribution in [-0.4, -0.2) is 53.9 Å². The number of H-pyrrole nitrogens is 1. The molecule has 114 valence electrons. The molecule has 0 unspecified atom stereocenters. The summed E-state index contributed by atoms with van der Waals surface area (Å²) < 4.78 is 10.5. The standard InChI is InChI=1S/C13H16N2O6/c16-11-3-1-2-8(14-11)13(19)15-9-6-20-5-4-10(9)21-7-12(17)18/h1-3,9-10H,4-7H2,(H,14,16)(H,15,19)(H,17,18)/t9-,10+/m1/s1. The van der Waals surface area contributed by atoms with Crippen LogP contribution in [0.1, 0.15) is 16.9 Å². The smallest absolute Gasteiger partial charge is 0.329 e.